The molecule has 8 unspecified atom stereocenters. The van der Waals surface area contributed by atoms with Crippen molar-refractivity contribution in [2.75, 3.05) is 0 Å². The lowest BCUT2D eigenvalue weighted by Gasteiger charge is -2.71. The average molecular weight is 455 g/mol. The highest BCUT2D eigenvalue weighted by Gasteiger charge is 2.88. The molecule has 0 aromatic rings. The first-order chi connectivity index (χ1) is 15.3. The molecule has 32 heavy (non-hydrogen) atoms. The number of aliphatic hydroxyl groups excluding tert-OH is 2. The van der Waals surface area contributed by atoms with Crippen LogP contribution in [-0.4, -0.2) is 61.7 Å². The number of aliphatic carboxylic acids is 1. The van der Waals surface area contributed by atoms with Crippen molar-refractivity contribution in [2.45, 2.75) is 127 Å². The highest BCUT2D eigenvalue weighted by atomic mass is 16.6. The van der Waals surface area contributed by atoms with Crippen molar-refractivity contribution >= 4 is 11.8 Å². The van der Waals surface area contributed by atoms with E-state index in [4.69, 9.17) is 4.74 Å². The zero-order valence-corrected chi connectivity index (χ0v) is 19.7. The Morgan fingerprint density at radius 1 is 0.938 bits per heavy atom. The lowest BCUT2D eigenvalue weighted by atomic mass is 9.49. The molecule has 184 valence electrons. The van der Waals surface area contributed by atoms with Crippen molar-refractivity contribution in [1.29, 1.82) is 0 Å². The normalized spacial score (nSPS) is 41.0. The van der Waals surface area contributed by atoms with Gasteiger partial charge in [0.1, 0.15) is 24.1 Å². The summed E-state index contributed by atoms with van der Waals surface area (Å²) in [7, 11) is 0. The number of fused-ring (bicyclic) bond motifs is 1. The fourth-order valence-corrected chi connectivity index (χ4v) is 6.39. The first kappa shape index (κ1) is 25.6. The number of carbonyl (C=O) groups is 2. The van der Waals surface area contributed by atoms with Gasteiger partial charge in [-0.25, -0.2) is 4.79 Å². The fraction of sp³-hybridized carbons (Fsp3) is 0.920. The molecular formula is C25H42O7. The van der Waals surface area contributed by atoms with Gasteiger partial charge in [-0.05, 0) is 24.7 Å². The van der Waals surface area contributed by atoms with Crippen molar-refractivity contribution in [3.8, 4) is 0 Å². The molecule has 2 aliphatic carbocycles. The molecule has 0 aromatic carbocycles. The number of aliphatic hydroxyl groups is 3. The second-order valence-electron chi connectivity index (χ2n) is 10.4. The first-order valence-electron chi connectivity index (χ1n) is 12.8. The summed E-state index contributed by atoms with van der Waals surface area (Å²) in [4.78, 5) is 24.8. The molecule has 8 atom stereocenters. The van der Waals surface area contributed by atoms with Gasteiger partial charge in [0.05, 0.1) is 0 Å². The fourth-order valence-electron chi connectivity index (χ4n) is 6.39. The summed E-state index contributed by atoms with van der Waals surface area (Å²) in [5, 5.41) is 40.8. The molecular weight excluding hydrogens is 412 g/mol. The smallest absolute Gasteiger partial charge is 0.342 e. The molecule has 2 saturated carbocycles. The average Bonchev–Trinajstić information content (AvgIpc) is 2.76. The molecule has 1 aliphatic heterocycles. The van der Waals surface area contributed by atoms with Crippen molar-refractivity contribution in [2.24, 2.45) is 17.8 Å². The van der Waals surface area contributed by atoms with Gasteiger partial charge in [-0.1, -0.05) is 78.1 Å². The molecule has 0 spiro atoms. The monoisotopic (exact) mass is 454 g/mol. The predicted molar refractivity (Wildman–Crippen MR) is 119 cm³/mol. The van der Waals surface area contributed by atoms with E-state index in [0.717, 1.165) is 38.5 Å². The number of carbonyl (C=O) groups excluding carboxylic acids is 1. The van der Waals surface area contributed by atoms with E-state index in [0.29, 0.717) is 24.7 Å². The number of hydrogen-bond donors (Lipinski definition) is 4. The lowest BCUT2D eigenvalue weighted by Crippen LogP contribution is -2.97. The van der Waals surface area contributed by atoms with Crippen LogP contribution in [0.5, 0.6) is 0 Å². The van der Waals surface area contributed by atoms with Crippen LogP contribution in [0.25, 0.3) is 0 Å². The number of rotatable bonds is 13. The topological polar surface area (TPSA) is 124 Å². The van der Waals surface area contributed by atoms with E-state index < -0.39 is 41.4 Å². The zero-order valence-electron chi connectivity index (χ0n) is 19.7. The Morgan fingerprint density at radius 3 is 2.09 bits per heavy atom. The maximum absolute atomic E-state index is 13.1. The summed E-state index contributed by atoms with van der Waals surface area (Å²) in [5.74, 6) is -1.51. The summed E-state index contributed by atoms with van der Waals surface area (Å²) in [5.41, 5.74) is -4.33. The number of Topliss-reactive ketones (excluding diaryl/α,β-unsaturated/α-hetero) is 1. The van der Waals surface area contributed by atoms with Gasteiger partial charge in [0.2, 0.25) is 5.60 Å². The van der Waals surface area contributed by atoms with E-state index in [1.807, 2.05) is 0 Å². The van der Waals surface area contributed by atoms with Crippen LogP contribution in [0.4, 0.5) is 0 Å². The number of ether oxygens (including phenoxy) is 1. The van der Waals surface area contributed by atoms with Crippen molar-refractivity contribution in [3.63, 3.8) is 0 Å². The Morgan fingerprint density at radius 2 is 1.50 bits per heavy atom. The number of ketones is 1. The van der Waals surface area contributed by atoms with E-state index in [-0.39, 0.29) is 5.78 Å². The second kappa shape index (κ2) is 10.5. The van der Waals surface area contributed by atoms with Gasteiger partial charge in [-0.15, -0.1) is 0 Å². The number of unbranched alkanes of at least 4 members (excludes halogenated alkanes) is 7. The second-order valence-corrected chi connectivity index (χ2v) is 10.4. The van der Waals surface area contributed by atoms with Crippen LogP contribution < -0.4 is 0 Å². The number of carboxylic acids is 1. The molecule has 1 saturated heterocycles. The Kier molecular flexibility index (Phi) is 8.40. The van der Waals surface area contributed by atoms with E-state index in [2.05, 4.69) is 13.8 Å². The highest BCUT2D eigenvalue weighted by Crippen LogP contribution is 2.61. The third-order valence-corrected chi connectivity index (χ3v) is 8.40. The van der Waals surface area contributed by atoms with Gasteiger partial charge < -0.3 is 25.2 Å². The van der Waals surface area contributed by atoms with Gasteiger partial charge >= 0.3 is 5.97 Å². The van der Waals surface area contributed by atoms with Gasteiger partial charge in [0.25, 0.3) is 0 Å². The summed E-state index contributed by atoms with van der Waals surface area (Å²) >= 11 is 0. The molecule has 1 heterocycles. The lowest BCUT2D eigenvalue weighted by molar-refractivity contribution is -0.464. The zero-order chi connectivity index (χ0) is 23.5. The van der Waals surface area contributed by atoms with Crippen LogP contribution in [0, 0.1) is 17.8 Å². The highest BCUT2D eigenvalue weighted by molar-refractivity contribution is 5.88. The third-order valence-electron chi connectivity index (χ3n) is 8.40. The standard InChI is InChI=1S/C25H42O7/c1-3-5-7-9-11-13-17-15-19(26)18(14-16(17)12-10-8-6-4-2)22-24(31)20(27)21(28)25(24,32-22)23(29)30/h16-18,20-22,27-28,31H,3-15H2,1-2H3,(H,29,30). The van der Waals surface area contributed by atoms with Crippen LogP contribution in [0.3, 0.4) is 0 Å². The summed E-state index contributed by atoms with van der Waals surface area (Å²) in [6.45, 7) is 4.37. The Balaban J connectivity index is 1.67. The van der Waals surface area contributed by atoms with Gasteiger partial charge in [0.15, 0.2) is 5.60 Å². The molecule has 3 rings (SSSR count). The minimum Gasteiger partial charge on any atom is -0.479 e. The first-order valence-corrected chi connectivity index (χ1v) is 12.8. The van der Waals surface area contributed by atoms with Crippen molar-refractivity contribution in [1.82, 2.24) is 0 Å². The Labute approximate surface area is 191 Å². The van der Waals surface area contributed by atoms with E-state index in [1.165, 1.54) is 32.1 Å². The van der Waals surface area contributed by atoms with E-state index >= 15 is 0 Å². The Hall–Kier alpha value is -1.02. The molecule has 0 aromatic heterocycles. The minimum atomic E-state index is -2.22. The van der Waals surface area contributed by atoms with Gasteiger partial charge in [-0.2, -0.15) is 0 Å². The molecule has 3 fully saturated rings. The SMILES string of the molecule is CCCCCCCC1CC(=O)C(C2OC3(C(=O)O)C(O)C(O)C23O)CC1CCCCCC. The number of hydrogen-bond acceptors (Lipinski definition) is 6. The van der Waals surface area contributed by atoms with Crippen molar-refractivity contribution in [3.05, 3.63) is 0 Å². The van der Waals surface area contributed by atoms with Crippen LogP contribution in [0.2, 0.25) is 0 Å². The summed E-state index contributed by atoms with van der Waals surface area (Å²) in [6.07, 6.45) is 9.19. The molecule has 0 bridgehead atoms. The third kappa shape index (κ3) is 4.15. The maximum Gasteiger partial charge on any atom is 0.342 e. The summed E-state index contributed by atoms with van der Waals surface area (Å²) < 4.78 is 5.55. The van der Waals surface area contributed by atoms with Gasteiger partial charge in [-0.3, -0.25) is 4.79 Å². The predicted octanol–water partition coefficient (Wildman–Crippen LogP) is 3.22. The Bertz CT molecular complexity index is 667. The minimum absolute atomic E-state index is 0.0145. The molecule has 7 nitrogen and oxygen atoms in total. The molecule has 0 radical (unpaired) electrons. The molecule has 3 aliphatic rings. The maximum atomic E-state index is 13.1. The quantitative estimate of drug-likeness (QED) is 0.315. The largest absolute Gasteiger partial charge is 0.479 e. The number of carboxylic acid groups (broad SMARTS) is 1. The van der Waals surface area contributed by atoms with Crippen LogP contribution in [0.1, 0.15) is 97.3 Å². The van der Waals surface area contributed by atoms with Crippen LogP contribution in [0.15, 0.2) is 0 Å². The molecule has 4 N–H and O–H groups in total. The van der Waals surface area contributed by atoms with E-state index in [9.17, 15) is 30.0 Å². The van der Waals surface area contributed by atoms with Crippen molar-refractivity contribution < 1.29 is 34.8 Å². The molecule has 0 amide bonds. The summed E-state index contributed by atoms with van der Waals surface area (Å²) in [6, 6.07) is 0. The van der Waals surface area contributed by atoms with Crippen LogP contribution >= 0.6 is 0 Å². The van der Waals surface area contributed by atoms with Gasteiger partial charge in [0, 0.05) is 12.3 Å². The van der Waals surface area contributed by atoms with E-state index in [1.54, 1.807) is 0 Å². The van der Waals surface area contributed by atoms with Crippen LogP contribution in [-0.2, 0) is 14.3 Å². The molecule has 7 heteroatoms.